The Hall–Kier alpha value is -1.97. The highest BCUT2D eigenvalue weighted by atomic mass is 19.1. The maximum atomic E-state index is 13.6. The van der Waals surface area contributed by atoms with Crippen molar-refractivity contribution in [1.29, 1.82) is 0 Å². The van der Waals surface area contributed by atoms with Crippen LogP contribution in [-0.2, 0) is 0 Å². The summed E-state index contributed by atoms with van der Waals surface area (Å²) < 4.78 is 39.8. The summed E-state index contributed by atoms with van der Waals surface area (Å²) in [5, 5.41) is 0. The van der Waals surface area contributed by atoms with Crippen LogP contribution in [0, 0.1) is 24.4 Å². The number of benzene rings is 2. The molecule has 17 heavy (non-hydrogen) atoms. The quantitative estimate of drug-likeness (QED) is 0.752. The molecule has 0 unspecified atom stereocenters. The molecule has 0 aliphatic heterocycles. The highest BCUT2D eigenvalue weighted by molar-refractivity contribution is 5.77. The fourth-order valence-electron chi connectivity index (χ4n) is 1.63. The molecule has 0 spiro atoms. The lowest BCUT2D eigenvalue weighted by atomic mass is 10.0. The molecule has 2 rings (SSSR count). The second-order valence-corrected chi connectivity index (χ2v) is 3.81. The summed E-state index contributed by atoms with van der Waals surface area (Å²) in [5.74, 6) is -1.91. The van der Waals surface area contributed by atoms with Crippen LogP contribution in [0.25, 0.3) is 11.1 Å². The average molecular weight is 237 g/mol. The van der Waals surface area contributed by atoms with Crippen LogP contribution in [0.15, 0.2) is 30.3 Å². The van der Waals surface area contributed by atoms with Crippen LogP contribution in [0.1, 0.15) is 5.56 Å². The van der Waals surface area contributed by atoms with Crippen molar-refractivity contribution in [2.24, 2.45) is 0 Å². The second-order valence-electron chi connectivity index (χ2n) is 3.81. The van der Waals surface area contributed by atoms with Crippen LogP contribution >= 0.6 is 0 Å². The highest BCUT2D eigenvalue weighted by Crippen LogP contribution is 2.30. The molecule has 0 amide bonds. The van der Waals surface area contributed by atoms with E-state index in [1.54, 1.807) is 0 Å². The van der Waals surface area contributed by atoms with Gasteiger partial charge in [0.1, 0.15) is 17.5 Å². The molecule has 0 atom stereocenters. The smallest absolute Gasteiger partial charge is 0.134 e. The number of aryl methyl sites for hydroxylation is 1. The SMILES string of the molecule is Cc1cc(-c2cc(F)ccc2N)c(F)cc1F. The van der Waals surface area contributed by atoms with Crippen molar-refractivity contribution in [3.8, 4) is 11.1 Å². The van der Waals surface area contributed by atoms with Gasteiger partial charge in [0, 0.05) is 22.9 Å². The Bertz CT molecular complexity index is 579. The monoisotopic (exact) mass is 237 g/mol. The third-order valence-corrected chi connectivity index (χ3v) is 2.55. The molecule has 0 saturated carbocycles. The van der Waals surface area contributed by atoms with Gasteiger partial charge in [-0.05, 0) is 36.8 Å². The highest BCUT2D eigenvalue weighted by Gasteiger charge is 2.12. The maximum absolute atomic E-state index is 13.6. The van der Waals surface area contributed by atoms with E-state index in [9.17, 15) is 13.2 Å². The van der Waals surface area contributed by atoms with Gasteiger partial charge in [0.2, 0.25) is 0 Å². The van der Waals surface area contributed by atoms with Gasteiger partial charge in [-0.2, -0.15) is 0 Å². The summed E-state index contributed by atoms with van der Waals surface area (Å²) in [4.78, 5) is 0. The van der Waals surface area contributed by atoms with Crippen LogP contribution < -0.4 is 5.73 Å². The third-order valence-electron chi connectivity index (χ3n) is 2.55. The van der Waals surface area contributed by atoms with Crippen molar-refractivity contribution >= 4 is 5.69 Å². The minimum absolute atomic E-state index is 0.0981. The number of nitrogens with two attached hydrogens (primary N) is 1. The first-order valence-electron chi connectivity index (χ1n) is 5.00. The molecular formula is C13H10F3N. The lowest BCUT2D eigenvalue weighted by Gasteiger charge is -2.09. The Kier molecular flexibility index (Phi) is 2.79. The normalized spacial score (nSPS) is 10.6. The van der Waals surface area contributed by atoms with E-state index in [1.807, 2.05) is 0 Å². The van der Waals surface area contributed by atoms with Gasteiger partial charge in [-0.3, -0.25) is 0 Å². The van der Waals surface area contributed by atoms with Crippen molar-refractivity contribution in [2.45, 2.75) is 6.92 Å². The van der Waals surface area contributed by atoms with Crippen LogP contribution in [-0.4, -0.2) is 0 Å². The molecule has 2 aromatic rings. The predicted octanol–water partition coefficient (Wildman–Crippen LogP) is 3.66. The molecular weight excluding hydrogens is 227 g/mol. The van der Waals surface area contributed by atoms with Crippen LogP contribution in [0.4, 0.5) is 18.9 Å². The predicted molar refractivity (Wildman–Crippen MR) is 60.9 cm³/mol. The molecule has 2 N–H and O–H groups in total. The summed E-state index contributed by atoms with van der Waals surface area (Å²) in [7, 11) is 0. The number of anilines is 1. The molecule has 0 aromatic heterocycles. The number of hydrogen-bond donors (Lipinski definition) is 1. The third kappa shape index (κ3) is 2.11. The van der Waals surface area contributed by atoms with E-state index in [1.165, 1.54) is 25.1 Å². The van der Waals surface area contributed by atoms with E-state index >= 15 is 0 Å². The lowest BCUT2D eigenvalue weighted by Crippen LogP contribution is -1.95. The summed E-state index contributed by atoms with van der Waals surface area (Å²) in [5.41, 5.74) is 6.51. The average Bonchev–Trinajstić information content (AvgIpc) is 2.27. The largest absolute Gasteiger partial charge is 0.398 e. The van der Waals surface area contributed by atoms with Gasteiger partial charge in [-0.15, -0.1) is 0 Å². The summed E-state index contributed by atoms with van der Waals surface area (Å²) in [6.45, 7) is 1.51. The molecule has 0 aliphatic carbocycles. The Labute approximate surface area is 96.7 Å². The van der Waals surface area contributed by atoms with Gasteiger partial charge in [0.15, 0.2) is 0 Å². The molecule has 4 heteroatoms. The fraction of sp³-hybridized carbons (Fsp3) is 0.0769. The van der Waals surface area contributed by atoms with E-state index < -0.39 is 17.5 Å². The minimum Gasteiger partial charge on any atom is -0.398 e. The van der Waals surface area contributed by atoms with Gasteiger partial charge in [0.05, 0.1) is 0 Å². The first-order chi connectivity index (χ1) is 7.99. The molecule has 0 bridgehead atoms. The molecule has 0 radical (unpaired) electrons. The maximum Gasteiger partial charge on any atom is 0.134 e. The van der Waals surface area contributed by atoms with E-state index in [0.717, 1.165) is 12.1 Å². The van der Waals surface area contributed by atoms with Crippen molar-refractivity contribution in [3.63, 3.8) is 0 Å². The van der Waals surface area contributed by atoms with Gasteiger partial charge in [-0.1, -0.05) is 0 Å². The summed E-state index contributed by atoms with van der Waals surface area (Å²) >= 11 is 0. The van der Waals surface area contributed by atoms with Gasteiger partial charge in [-0.25, -0.2) is 13.2 Å². The van der Waals surface area contributed by atoms with E-state index in [4.69, 9.17) is 5.73 Å². The van der Waals surface area contributed by atoms with Gasteiger partial charge in [0.25, 0.3) is 0 Å². The Balaban J connectivity index is 2.68. The van der Waals surface area contributed by atoms with Crippen molar-refractivity contribution in [1.82, 2.24) is 0 Å². The van der Waals surface area contributed by atoms with Crippen LogP contribution in [0.5, 0.6) is 0 Å². The zero-order chi connectivity index (χ0) is 12.6. The zero-order valence-corrected chi connectivity index (χ0v) is 9.10. The molecule has 1 nitrogen and oxygen atoms in total. The van der Waals surface area contributed by atoms with Crippen molar-refractivity contribution in [2.75, 3.05) is 5.73 Å². The Morgan fingerprint density at radius 1 is 0.882 bits per heavy atom. The number of nitrogen functional groups attached to an aromatic ring is 1. The Morgan fingerprint density at radius 3 is 2.29 bits per heavy atom. The first kappa shape index (κ1) is 11.5. The lowest BCUT2D eigenvalue weighted by molar-refractivity contribution is 0.579. The van der Waals surface area contributed by atoms with Crippen molar-refractivity contribution in [3.05, 3.63) is 53.3 Å². The molecule has 0 fully saturated rings. The molecule has 0 heterocycles. The van der Waals surface area contributed by atoms with E-state index in [2.05, 4.69) is 0 Å². The molecule has 88 valence electrons. The number of rotatable bonds is 1. The summed E-state index contributed by atoms with van der Waals surface area (Å²) in [6, 6.07) is 5.76. The Morgan fingerprint density at radius 2 is 1.59 bits per heavy atom. The topological polar surface area (TPSA) is 26.0 Å². The zero-order valence-electron chi connectivity index (χ0n) is 9.10. The number of hydrogen-bond acceptors (Lipinski definition) is 1. The van der Waals surface area contributed by atoms with E-state index in [-0.39, 0.29) is 22.4 Å². The molecule has 2 aromatic carbocycles. The van der Waals surface area contributed by atoms with Crippen LogP contribution in [0.3, 0.4) is 0 Å². The summed E-state index contributed by atoms with van der Waals surface area (Å²) in [6.07, 6.45) is 0. The van der Waals surface area contributed by atoms with Crippen LogP contribution in [0.2, 0.25) is 0 Å². The molecule has 0 saturated heterocycles. The van der Waals surface area contributed by atoms with E-state index in [0.29, 0.717) is 0 Å². The van der Waals surface area contributed by atoms with Gasteiger partial charge < -0.3 is 5.73 Å². The molecule has 0 aliphatic rings. The van der Waals surface area contributed by atoms with Gasteiger partial charge >= 0.3 is 0 Å². The number of halogens is 3. The first-order valence-corrected chi connectivity index (χ1v) is 5.00. The minimum atomic E-state index is -0.759. The standard InChI is InChI=1S/C13H10F3N/c1-7-4-9(12(16)6-11(7)15)10-5-8(14)2-3-13(10)17/h2-6H,17H2,1H3. The fourth-order valence-corrected chi connectivity index (χ4v) is 1.63. The van der Waals surface area contributed by atoms with Crippen molar-refractivity contribution < 1.29 is 13.2 Å². The second kappa shape index (κ2) is 4.13.